The van der Waals surface area contributed by atoms with E-state index in [0.29, 0.717) is 0 Å². The molecule has 1 aliphatic rings. The molecule has 0 radical (unpaired) electrons. The van der Waals surface area contributed by atoms with Crippen LogP contribution in [-0.2, 0) is 9.47 Å². The molecular weight excluding hydrogens is 396 g/mol. The zero-order valence-electron chi connectivity index (χ0n) is 20.1. The summed E-state index contributed by atoms with van der Waals surface area (Å²) < 4.78 is 11.4. The van der Waals surface area contributed by atoms with E-state index in [9.17, 15) is 20.4 Å². The second kappa shape index (κ2) is 18.2. The summed E-state index contributed by atoms with van der Waals surface area (Å²) in [4.78, 5) is 0. The highest BCUT2D eigenvalue weighted by Crippen LogP contribution is 2.32. The third-order valence-electron chi connectivity index (χ3n) is 6.53. The van der Waals surface area contributed by atoms with Crippen LogP contribution >= 0.6 is 0 Å². The standard InChI is InChI=1S/C25H50O6/c1-3-5-6-9-12-15-20(16-13-10-7-8-11-14-18-30-17-4-2)25-24(29)23(28)22(27)21(19-26)31-25/h20-29H,3-19H2,1-2H3/t20-,21+,22-,23-,24+,25?/m0/s1. The SMILES string of the molecule is CCCCCCC[C@@H](CCCCCCCCOCCC)C1O[C@H](CO)[C@H](O)[C@H](O)[C@H]1O. The van der Waals surface area contributed by atoms with Crippen LogP contribution in [0.15, 0.2) is 0 Å². The Morgan fingerprint density at radius 2 is 1.26 bits per heavy atom. The highest BCUT2D eigenvalue weighted by molar-refractivity contribution is 4.94. The molecule has 0 spiro atoms. The Morgan fingerprint density at radius 3 is 1.84 bits per heavy atom. The molecular formula is C25H50O6. The molecule has 0 bridgehead atoms. The first-order chi connectivity index (χ1) is 15.1. The van der Waals surface area contributed by atoms with E-state index in [1.165, 1.54) is 44.9 Å². The fourth-order valence-electron chi connectivity index (χ4n) is 4.57. The van der Waals surface area contributed by atoms with Gasteiger partial charge >= 0.3 is 0 Å². The Morgan fingerprint density at radius 1 is 0.677 bits per heavy atom. The molecule has 6 nitrogen and oxygen atoms in total. The predicted octanol–water partition coefficient (Wildman–Crippen LogP) is 3.96. The molecule has 31 heavy (non-hydrogen) atoms. The Bertz CT molecular complexity index is 405. The van der Waals surface area contributed by atoms with E-state index in [2.05, 4.69) is 13.8 Å². The van der Waals surface area contributed by atoms with Gasteiger partial charge in [0.2, 0.25) is 0 Å². The van der Waals surface area contributed by atoms with Crippen LogP contribution < -0.4 is 0 Å². The van der Waals surface area contributed by atoms with E-state index >= 15 is 0 Å². The zero-order valence-corrected chi connectivity index (χ0v) is 20.1. The zero-order chi connectivity index (χ0) is 22.9. The smallest absolute Gasteiger partial charge is 0.111 e. The molecule has 0 aromatic carbocycles. The van der Waals surface area contributed by atoms with Crippen LogP contribution in [0.5, 0.6) is 0 Å². The van der Waals surface area contributed by atoms with Gasteiger partial charge in [-0.2, -0.15) is 0 Å². The van der Waals surface area contributed by atoms with Gasteiger partial charge in [0.1, 0.15) is 24.4 Å². The van der Waals surface area contributed by atoms with Crippen molar-refractivity contribution in [2.24, 2.45) is 5.92 Å². The van der Waals surface area contributed by atoms with Crippen molar-refractivity contribution in [2.75, 3.05) is 19.8 Å². The lowest BCUT2D eigenvalue weighted by Crippen LogP contribution is -2.60. The second-order valence-corrected chi connectivity index (χ2v) is 9.28. The highest BCUT2D eigenvalue weighted by Gasteiger charge is 2.45. The molecule has 0 aromatic heterocycles. The third kappa shape index (κ3) is 11.4. The summed E-state index contributed by atoms with van der Waals surface area (Å²) in [7, 11) is 0. The number of aliphatic hydroxyl groups is 4. The Hall–Kier alpha value is -0.240. The van der Waals surface area contributed by atoms with Gasteiger partial charge in [-0.05, 0) is 31.6 Å². The average molecular weight is 447 g/mol. The highest BCUT2D eigenvalue weighted by atomic mass is 16.5. The van der Waals surface area contributed by atoms with Crippen LogP contribution in [0.1, 0.15) is 104 Å². The first kappa shape index (κ1) is 28.8. The van der Waals surface area contributed by atoms with Gasteiger partial charge < -0.3 is 29.9 Å². The number of ether oxygens (including phenoxy) is 2. The maximum atomic E-state index is 10.6. The molecule has 1 heterocycles. The summed E-state index contributed by atoms with van der Waals surface area (Å²) in [5, 5.41) is 40.4. The molecule has 1 saturated heterocycles. The number of unbranched alkanes of at least 4 members (excludes halogenated alkanes) is 9. The van der Waals surface area contributed by atoms with E-state index < -0.39 is 30.5 Å². The molecule has 4 N–H and O–H groups in total. The number of hydrogen-bond donors (Lipinski definition) is 4. The largest absolute Gasteiger partial charge is 0.394 e. The van der Waals surface area contributed by atoms with Gasteiger partial charge in [0.05, 0.1) is 12.7 Å². The number of hydrogen-bond acceptors (Lipinski definition) is 6. The van der Waals surface area contributed by atoms with Crippen molar-refractivity contribution < 1.29 is 29.9 Å². The minimum absolute atomic E-state index is 0.135. The molecule has 1 rings (SSSR count). The molecule has 6 atom stereocenters. The second-order valence-electron chi connectivity index (χ2n) is 9.28. The Kier molecular flexibility index (Phi) is 16.9. The van der Waals surface area contributed by atoms with Crippen molar-refractivity contribution in [2.45, 2.75) is 134 Å². The van der Waals surface area contributed by atoms with Crippen molar-refractivity contribution in [3.05, 3.63) is 0 Å². The van der Waals surface area contributed by atoms with Crippen molar-refractivity contribution in [3.63, 3.8) is 0 Å². The number of rotatable bonds is 19. The summed E-state index contributed by atoms with van der Waals surface area (Å²) in [5.74, 6) is 0.135. The maximum absolute atomic E-state index is 10.6. The third-order valence-corrected chi connectivity index (χ3v) is 6.53. The summed E-state index contributed by atoms with van der Waals surface area (Å²) in [6.07, 6.45) is 10.9. The average Bonchev–Trinajstić information content (AvgIpc) is 2.77. The Labute approximate surface area is 190 Å². The topological polar surface area (TPSA) is 99.4 Å². The molecule has 1 aliphatic heterocycles. The van der Waals surface area contributed by atoms with E-state index in [4.69, 9.17) is 9.47 Å². The summed E-state index contributed by atoms with van der Waals surface area (Å²) in [6, 6.07) is 0. The van der Waals surface area contributed by atoms with E-state index in [1.54, 1.807) is 0 Å². The molecule has 0 aliphatic carbocycles. The first-order valence-corrected chi connectivity index (χ1v) is 12.9. The lowest BCUT2D eigenvalue weighted by molar-refractivity contribution is -0.242. The van der Waals surface area contributed by atoms with Gasteiger partial charge in [-0.25, -0.2) is 0 Å². The van der Waals surface area contributed by atoms with Crippen LogP contribution in [0.3, 0.4) is 0 Å². The van der Waals surface area contributed by atoms with Crippen molar-refractivity contribution >= 4 is 0 Å². The summed E-state index contributed by atoms with van der Waals surface area (Å²) >= 11 is 0. The molecule has 0 aromatic rings. The lowest BCUT2D eigenvalue weighted by Gasteiger charge is -2.43. The molecule has 186 valence electrons. The quantitative estimate of drug-likeness (QED) is 0.224. The minimum Gasteiger partial charge on any atom is -0.394 e. The van der Waals surface area contributed by atoms with Crippen LogP contribution in [0.4, 0.5) is 0 Å². The fourth-order valence-corrected chi connectivity index (χ4v) is 4.57. The maximum Gasteiger partial charge on any atom is 0.111 e. The van der Waals surface area contributed by atoms with Gasteiger partial charge in [0.15, 0.2) is 0 Å². The minimum atomic E-state index is -1.27. The number of aliphatic hydroxyl groups excluding tert-OH is 4. The van der Waals surface area contributed by atoms with Gasteiger partial charge in [0, 0.05) is 13.2 Å². The van der Waals surface area contributed by atoms with Crippen LogP contribution in [0, 0.1) is 5.92 Å². The fraction of sp³-hybridized carbons (Fsp3) is 1.00. The lowest BCUT2D eigenvalue weighted by atomic mass is 9.82. The van der Waals surface area contributed by atoms with Crippen molar-refractivity contribution in [3.8, 4) is 0 Å². The molecule has 0 saturated carbocycles. The normalized spacial score (nSPS) is 27.5. The molecule has 1 unspecified atom stereocenters. The molecule has 1 fully saturated rings. The Balaban J connectivity index is 2.43. The van der Waals surface area contributed by atoms with Gasteiger partial charge in [-0.15, -0.1) is 0 Å². The van der Waals surface area contributed by atoms with Crippen LogP contribution in [0.2, 0.25) is 0 Å². The molecule has 0 amide bonds. The van der Waals surface area contributed by atoms with Crippen LogP contribution in [-0.4, -0.2) is 70.8 Å². The van der Waals surface area contributed by atoms with Gasteiger partial charge in [-0.1, -0.05) is 78.1 Å². The van der Waals surface area contributed by atoms with E-state index in [1.807, 2.05) is 0 Å². The molecule has 6 heteroatoms. The van der Waals surface area contributed by atoms with E-state index in [0.717, 1.165) is 58.2 Å². The van der Waals surface area contributed by atoms with Crippen LogP contribution in [0.25, 0.3) is 0 Å². The monoisotopic (exact) mass is 446 g/mol. The summed E-state index contributed by atoms with van der Waals surface area (Å²) in [5.41, 5.74) is 0. The first-order valence-electron chi connectivity index (χ1n) is 12.9. The predicted molar refractivity (Wildman–Crippen MR) is 124 cm³/mol. The van der Waals surface area contributed by atoms with E-state index in [-0.39, 0.29) is 12.5 Å². The van der Waals surface area contributed by atoms with Crippen molar-refractivity contribution in [1.82, 2.24) is 0 Å². The van der Waals surface area contributed by atoms with Crippen molar-refractivity contribution in [1.29, 1.82) is 0 Å². The summed E-state index contributed by atoms with van der Waals surface area (Å²) in [6.45, 7) is 5.70. The van der Waals surface area contributed by atoms with Gasteiger partial charge in [0.25, 0.3) is 0 Å². The van der Waals surface area contributed by atoms with Gasteiger partial charge in [-0.3, -0.25) is 0 Å².